The number of thiophene rings is 1. The molecule has 1 aromatic heterocycles. The van der Waals surface area contributed by atoms with E-state index in [1.807, 2.05) is 26.0 Å². The Kier molecular flexibility index (Phi) is 10.0. The number of ether oxygens (including phenoxy) is 5. The van der Waals surface area contributed by atoms with Crippen LogP contribution in [0.1, 0.15) is 49.2 Å². The number of aryl methyl sites for hydroxylation is 2. The molecule has 1 aliphatic rings. The summed E-state index contributed by atoms with van der Waals surface area (Å²) in [4.78, 5) is 39.4. The number of anilines is 2. The van der Waals surface area contributed by atoms with Gasteiger partial charge in [-0.25, -0.2) is 18.0 Å². The Balaban J connectivity index is 1.26. The first kappa shape index (κ1) is 33.3. The zero-order chi connectivity index (χ0) is 33.7. The monoisotopic (exact) mass is 680 g/mol. The maximum absolute atomic E-state index is 13.1. The van der Waals surface area contributed by atoms with Crippen molar-refractivity contribution in [2.45, 2.75) is 32.1 Å². The Bertz CT molecular complexity index is 1940. The van der Waals surface area contributed by atoms with E-state index < -0.39 is 34.5 Å². The van der Waals surface area contributed by atoms with Crippen molar-refractivity contribution in [1.29, 1.82) is 0 Å². The molecule has 47 heavy (non-hydrogen) atoms. The Morgan fingerprint density at radius 1 is 0.936 bits per heavy atom. The van der Waals surface area contributed by atoms with Crippen LogP contribution in [0.3, 0.4) is 0 Å². The molecule has 5 rings (SSSR count). The molecule has 0 radical (unpaired) electrons. The fourth-order valence-corrected chi connectivity index (χ4v) is 6.97. The molecule has 0 saturated carbocycles. The number of sulfonamides is 1. The van der Waals surface area contributed by atoms with Crippen molar-refractivity contribution >= 4 is 49.9 Å². The molecule has 12 nitrogen and oxygen atoms in total. The largest absolute Gasteiger partial charge is 0.494 e. The van der Waals surface area contributed by atoms with Gasteiger partial charge >= 0.3 is 11.9 Å². The summed E-state index contributed by atoms with van der Waals surface area (Å²) in [6, 6.07) is 15.9. The van der Waals surface area contributed by atoms with Gasteiger partial charge < -0.3 is 29.0 Å². The topological polar surface area (TPSA) is 156 Å². The Morgan fingerprint density at radius 3 is 2.40 bits per heavy atom. The van der Waals surface area contributed by atoms with Crippen LogP contribution in [0.5, 0.6) is 17.2 Å². The third-order valence-electron chi connectivity index (χ3n) is 7.16. The van der Waals surface area contributed by atoms with Crippen LogP contribution in [0.4, 0.5) is 10.7 Å². The Morgan fingerprint density at radius 2 is 1.68 bits per heavy atom. The number of nitrogens with one attached hydrogen (secondary N) is 2. The highest BCUT2D eigenvalue weighted by atomic mass is 32.2. The molecular weight excluding hydrogens is 649 g/mol. The van der Waals surface area contributed by atoms with Gasteiger partial charge in [0.2, 0.25) is 6.79 Å². The first-order valence-corrected chi connectivity index (χ1v) is 16.7. The minimum absolute atomic E-state index is 0.0272. The molecule has 4 aromatic rings. The molecule has 0 bridgehead atoms. The lowest BCUT2D eigenvalue weighted by Gasteiger charge is -2.12. The molecule has 246 valence electrons. The van der Waals surface area contributed by atoms with Gasteiger partial charge in [0, 0.05) is 10.6 Å². The molecule has 14 heteroatoms. The number of methoxy groups -OCH3 is 1. The number of carbonyl (C=O) groups is 3. The average Bonchev–Trinajstić information content (AvgIpc) is 3.63. The lowest BCUT2D eigenvalue weighted by Crippen LogP contribution is -2.22. The molecule has 0 atom stereocenters. The van der Waals surface area contributed by atoms with Crippen LogP contribution in [0.2, 0.25) is 0 Å². The van der Waals surface area contributed by atoms with Crippen LogP contribution in [0.15, 0.2) is 65.6 Å². The summed E-state index contributed by atoms with van der Waals surface area (Å²) < 4.78 is 55.1. The quantitative estimate of drug-likeness (QED) is 0.184. The summed E-state index contributed by atoms with van der Waals surface area (Å²) >= 11 is 1.19. The fourth-order valence-electron chi connectivity index (χ4n) is 4.81. The zero-order valence-corrected chi connectivity index (χ0v) is 27.6. The van der Waals surface area contributed by atoms with E-state index in [1.54, 1.807) is 37.3 Å². The molecule has 2 N–H and O–H groups in total. The Hall–Kier alpha value is -5.08. The van der Waals surface area contributed by atoms with Gasteiger partial charge in [0.25, 0.3) is 15.9 Å². The molecule has 2 heterocycles. The molecule has 0 saturated heterocycles. The van der Waals surface area contributed by atoms with Crippen LogP contribution in [0.25, 0.3) is 0 Å². The number of fused-ring (bicyclic) bond motifs is 1. The maximum Gasteiger partial charge on any atom is 0.341 e. The normalized spacial score (nSPS) is 11.9. The SMILES string of the molecule is CCOc1ccc(NS(=O)(=O)c2ccc(C)c(C(=O)OCC(=O)Nc3sc(C)c(Cc4ccc5c(c4)OCO5)c3C(=O)OC)c2)cc1. The van der Waals surface area contributed by atoms with Gasteiger partial charge in [-0.15, -0.1) is 11.3 Å². The number of rotatable bonds is 12. The number of hydrogen-bond acceptors (Lipinski definition) is 11. The van der Waals surface area contributed by atoms with E-state index in [9.17, 15) is 22.8 Å². The number of carbonyl (C=O) groups excluding carboxylic acids is 3. The molecule has 0 fully saturated rings. The first-order chi connectivity index (χ1) is 22.5. The van der Waals surface area contributed by atoms with E-state index in [1.165, 1.54) is 36.6 Å². The average molecular weight is 681 g/mol. The highest BCUT2D eigenvalue weighted by Crippen LogP contribution is 2.38. The van der Waals surface area contributed by atoms with Crippen LogP contribution in [-0.4, -0.2) is 53.4 Å². The standard InChI is InChI=1S/C33H32N2O10S2/c1-5-42-23-10-8-22(9-11-23)35-47(39,40)24-12-6-19(2)25(16-24)32(37)43-17-29(36)34-31-30(33(38)41-4)26(20(3)46-31)14-21-7-13-27-28(15-21)45-18-44-27/h6-13,15-16,35H,5,14,17-18H2,1-4H3,(H,34,36). The summed E-state index contributed by atoms with van der Waals surface area (Å²) in [6.07, 6.45) is 0.361. The Labute approximate surface area is 275 Å². The van der Waals surface area contributed by atoms with Crippen molar-refractivity contribution in [3.63, 3.8) is 0 Å². The summed E-state index contributed by atoms with van der Waals surface area (Å²) in [5.74, 6) is -0.391. The number of hydrogen-bond donors (Lipinski definition) is 2. The van der Waals surface area contributed by atoms with Gasteiger partial charge in [-0.2, -0.15) is 0 Å². The predicted molar refractivity (Wildman–Crippen MR) is 174 cm³/mol. The second-order valence-corrected chi connectivity index (χ2v) is 13.3. The van der Waals surface area contributed by atoms with Crippen molar-refractivity contribution in [3.8, 4) is 17.2 Å². The lowest BCUT2D eigenvalue weighted by molar-refractivity contribution is -0.119. The third kappa shape index (κ3) is 7.67. The van der Waals surface area contributed by atoms with E-state index in [4.69, 9.17) is 23.7 Å². The second kappa shape index (κ2) is 14.1. The van der Waals surface area contributed by atoms with E-state index in [-0.39, 0.29) is 27.8 Å². The number of esters is 2. The summed E-state index contributed by atoms with van der Waals surface area (Å²) in [7, 11) is -2.81. The number of amides is 1. The molecule has 0 unspecified atom stereocenters. The molecule has 1 amide bonds. The summed E-state index contributed by atoms with van der Waals surface area (Å²) in [5.41, 5.74) is 2.46. The van der Waals surface area contributed by atoms with Gasteiger partial charge in [0.1, 0.15) is 10.8 Å². The first-order valence-electron chi connectivity index (χ1n) is 14.4. The predicted octanol–water partition coefficient (Wildman–Crippen LogP) is 5.47. The van der Waals surface area contributed by atoms with Crippen LogP contribution in [0, 0.1) is 13.8 Å². The van der Waals surface area contributed by atoms with Crippen LogP contribution in [-0.2, 0) is 30.7 Å². The van der Waals surface area contributed by atoms with Crippen LogP contribution < -0.4 is 24.2 Å². The molecular formula is C33H32N2O10S2. The minimum Gasteiger partial charge on any atom is -0.494 e. The summed E-state index contributed by atoms with van der Waals surface area (Å²) in [6.45, 7) is 5.20. The van der Waals surface area contributed by atoms with Gasteiger partial charge in [-0.05, 0) is 92.4 Å². The molecule has 3 aromatic carbocycles. The van der Waals surface area contributed by atoms with E-state index in [0.717, 1.165) is 10.4 Å². The molecule has 0 spiro atoms. The highest BCUT2D eigenvalue weighted by molar-refractivity contribution is 7.92. The van der Waals surface area contributed by atoms with Gasteiger partial charge in [0.05, 0.1) is 29.7 Å². The zero-order valence-electron chi connectivity index (χ0n) is 26.0. The van der Waals surface area contributed by atoms with Crippen molar-refractivity contribution in [3.05, 3.63) is 93.4 Å². The smallest absolute Gasteiger partial charge is 0.341 e. The minimum atomic E-state index is -4.06. The van der Waals surface area contributed by atoms with Crippen molar-refractivity contribution < 1.29 is 46.5 Å². The van der Waals surface area contributed by atoms with Gasteiger partial charge in [0.15, 0.2) is 18.1 Å². The third-order valence-corrected chi connectivity index (χ3v) is 9.60. The van der Waals surface area contributed by atoms with Crippen molar-refractivity contribution in [2.75, 3.05) is 37.2 Å². The number of benzene rings is 3. The maximum atomic E-state index is 13.1. The highest BCUT2D eigenvalue weighted by Gasteiger charge is 2.26. The molecule has 0 aliphatic carbocycles. The van der Waals surface area contributed by atoms with E-state index in [2.05, 4.69) is 10.0 Å². The van der Waals surface area contributed by atoms with Crippen molar-refractivity contribution in [2.24, 2.45) is 0 Å². The van der Waals surface area contributed by atoms with Crippen LogP contribution >= 0.6 is 11.3 Å². The van der Waals surface area contributed by atoms with Gasteiger partial charge in [-0.3, -0.25) is 9.52 Å². The second-order valence-electron chi connectivity index (χ2n) is 10.4. The molecule has 1 aliphatic heterocycles. The fraction of sp³-hybridized carbons (Fsp3) is 0.242. The van der Waals surface area contributed by atoms with Crippen molar-refractivity contribution in [1.82, 2.24) is 0 Å². The summed E-state index contributed by atoms with van der Waals surface area (Å²) in [5, 5.41) is 2.90. The lowest BCUT2D eigenvalue weighted by atomic mass is 10.0. The van der Waals surface area contributed by atoms with E-state index in [0.29, 0.717) is 47.1 Å². The van der Waals surface area contributed by atoms with Gasteiger partial charge in [-0.1, -0.05) is 12.1 Å². The van der Waals surface area contributed by atoms with E-state index >= 15 is 0 Å².